The molecule has 1 aromatic rings. The molecule has 1 atom stereocenters. The second-order valence-corrected chi connectivity index (χ2v) is 8.25. The van der Waals surface area contributed by atoms with Crippen LogP contribution in [-0.4, -0.2) is 14.1 Å². The topological polar surface area (TPSA) is 72.2 Å². The van der Waals surface area contributed by atoms with E-state index in [4.69, 9.17) is 0 Å². The lowest BCUT2D eigenvalue weighted by Crippen LogP contribution is -2.25. The molecule has 0 aliphatic heterocycles. The lowest BCUT2D eigenvalue weighted by molar-refractivity contribution is -0.384. The maximum atomic E-state index is 12.1. The van der Waals surface area contributed by atoms with Crippen molar-refractivity contribution in [1.29, 1.82) is 0 Å². The monoisotopic (exact) mass is 376 g/mol. The number of carbonyl (C=O) groups is 1. The third-order valence-corrected chi connectivity index (χ3v) is 5.38. The fraction of sp³-hybridized carbons (Fsp3) is 0.364. The number of halogens is 2. The average Bonchev–Trinajstić information content (AvgIpc) is 2.80. The predicted octanol–water partition coefficient (Wildman–Crippen LogP) is 3.43. The van der Waals surface area contributed by atoms with Crippen LogP contribution >= 0.6 is 31.9 Å². The van der Waals surface area contributed by atoms with Gasteiger partial charge in [0.15, 0.2) is 0 Å². The Kier molecular flexibility index (Phi) is 3.23. The molecule has 0 saturated heterocycles. The number of alkyl halides is 2. The Morgan fingerprint density at radius 1 is 1.50 bits per heavy atom. The summed E-state index contributed by atoms with van der Waals surface area (Å²) in [5.74, 6) is -0.170. The highest BCUT2D eigenvalue weighted by Crippen LogP contribution is 2.66. The van der Waals surface area contributed by atoms with Crippen LogP contribution in [0, 0.1) is 15.5 Å². The van der Waals surface area contributed by atoms with Gasteiger partial charge in [0, 0.05) is 17.8 Å². The van der Waals surface area contributed by atoms with Crippen molar-refractivity contribution in [2.24, 2.45) is 5.41 Å². The molecule has 1 aromatic carbocycles. The van der Waals surface area contributed by atoms with E-state index in [0.717, 1.165) is 0 Å². The molecule has 7 heteroatoms. The van der Waals surface area contributed by atoms with Gasteiger partial charge in [-0.2, -0.15) is 0 Å². The van der Waals surface area contributed by atoms with Crippen molar-refractivity contribution in [3.8, 4) is 0 Å². The number of rotatable bonds is 3. The fourth-order valence-corrected chi connectivity index (χ4v) is 3.09. The molecule has 1 N–H and O–H groups in total. The Balaban J connectivity index is 2.13. The molecule has 0 unspecified atom stereocenters. The highest BCUT2D eigenvalue weighted by Gasteiger charge is 2.66. The number of hydrogen-bond acceptors (Lipinski definition) is 3. The number of benzene rings is 1. The Bertz CT molecular complexity index is 533. The fourth-order valence-electron chi connectivity index (χ4n) is 1.61. The van der Waals surface area contributed by atoms with Crippen molar-refractivity contribution in [3.63, 3.8) is 0 Å². The second kappa shape index (κ2) is 4.31. The molecule has 0 aromatic heterocycles. The minimum Gasteiger partial charge on any atom is -0.325 e. The van der Waals surface area contributed by atoms with Gasteiger partial charge < -0.3 is 5.32 Å². The molecule has 2 rings (SSSR count). The van der Waals surface area contributed by atoms with E-state index in [2.05, 4.69) is 37.2 Å². The van der Waals surface area contributed by atoms with E-state index < -0.39 is 10.3 Å². The SMILES string of the molecule is C[C@]1(C(=O)Nc2cccc([N+](=O)[O-])c2)CC1(Br)Br. The van der Waals surface area contributed by atoms with E-state index in [1.54, 1.807) is 12.1 Å². The molecule has 0 spiro atoms. The van der Waals surface area contributed by atoms with Crippen molar-refractivity contribution in [1.82, 2.24) is 0 Å². The summed E-state index contributed by atoms with van der Waals surface area (Å²) in [7, 11) is 0. The van der Waals surface area contributed by atoms with Crippen LogP contribution in [0.2, 0.25) is 0 Å². The third kappa shape index (κ3) is 2.29. The smallest absolute Gasteiger partial charge is 0.271 e. The van der Waals surface area contributed by atoms with Crippen LogP contribution in [0.3, 0.4) is 0 Å². The Morgan fingerprint density at radius 2 is 2.11 bits per heavy atom. The summed E-state index contributed by atoms with van der Waals surface area (Å²) in [5, 5.41) is 13.3. The molecule has 5 nitrogen and oxygen atoms in total. The summed E-state index contributed by atoms with van der Waals surface area (Å²) >= 11 is 6.82. The number of nitro benzene ring substituents is 1. The minimum atomic E-state index is -0.544. The normalized spacial score (nSPS) is 24.4. The maximum Gasteiger partial charge on any atom is 0.271 e. The summed E-state index contributed by atoms with van der Waals surface area (Å²) in [4.78, 5) is 22.2. The molecule has 0 bridgehead atoms. The number of nitrogens with zero attached hydrogens (tertiary/aromatic N) is 1. The number of amides is 1. The third-order valence-electron chi connectivity index (χ3n) is 3.07. The van der Waals surface area contributed by atoms with Crippen LogP contribution in [0.4, 0.5) is 11.4 Å². The summed E-state index contributed by atoms with van der Waals surface area (Å²) < 4.78 is -0.377. The van der Waals surface area contributed by atoms with Gasteiger partial charge in [0.1, 0.15) is 0 Å². The Morgan fingerprint density at radius 3 is 2.61 bits per heavy atom. The van der Waals surface area contributed by atoms with Gasteiger partial charge in [0.2, 0.25) is 5.91 Å². The second-order valence-electron chi connectivity index (χ2n) is 4.47. The van der Waals surface area contributed by atoms with Crippen molar-refractivity contribution in [2.75, 3.05) is 5.32 Å². The van der Waals surface area contributed by atoms with Gasteiger partial charge in [-0.05, 0) is 19.4 Å². The molecular weight excluding hydrogens is 368 g/mol. The average molecular weight is 378 g/mol. The van der Waals surface area contributed by atoms with Crippen molar-refractivity contribution >= 4 is 49.1 Å². The van der Waals surface area contributed by atoms with Gasteiger partial charge in [-0.15, -0.1) is 0 Å². The molecule has 1 saturated carbocycles. The molecule has 96 valence electrons. The van der Waals surface area contributed by atoms with Crippen LogP contribution < -0.4 is 5.32 Å². The summed E-state index contributed by atoms with van der Waals surface area (Å²) in [6.07, 6.45) is 0.667. The van der Waals surface area contributed by atoms with Crippen molar-refractivity contribution in [3.05, 3.63) is 34.4 Å². The molecule has 0 heterocycles. The molecular formula is C11H10Br2N2O3. The highest BCUT2D eigenvalue weighted by molar-refractivity contribution is 9.25. The van der Waals surface area contributed by atoms with Crippen LogP contribution in [0.15, 0.2) is 24.3 Å². The molecule has 1 aliphatic rings. The quantitative estimate of drug-likeness (QED) is 0.498. The number of anilines is 1. The molecule has 18 heavy (non-hydrogen) atoms. The number of hydrogen-bond donors (Lipinski definition) is 1. The predicted molar refractivity (Wildman–Crippen MR) is 75.0 cm³/mol. The number of nitro groups is 1. The minimum absolute atomic E-state index is 0.0438. The van der Waals surface area contributed by atoms with Crippen LogP contribution in [0.5, 0.6) is 0 Å². The molecule has 1 amide bonds. The van der Waals surface area contributed by atoms with Gasteiger partial charge in [-0.1, -0.05) is 37.9 Å². The molecule has 0 radical (unpaired) electrons. The van der Waals surface area contributed by atoms with E-state index in [9.17, 15) is 14.9 Å². The molecule has 1 fully saturated rings. The number of carbonyl (C=O) groups excluding carboxylic acids is 1. The Labute approximate surface area is 120 Å². The summed E-state index contributed by atoms with van der Waals surface area (Å²) in [6.45, 7) is 1.82. The summed E-state index contributed by atoms with van der Waals surface area (Å²) in [5.41, 5.74) is -0.159. The van der Waals surface area contributed by atoms with E-state index >= 15 is 0 Å². The maximum absolute atomic E-state index is 12.1. The first-order valence-electron chi connectivity index (χ1n) is 5.20. The van der Waals surface area contributed by atoms with E-state index in [1.165, 1.54) is 12.1 Å². The van der Waals surface area contributed by atoms with Crippen LogP contribution in [-0.2, 0) is 4.79 Å². The standard InChI is InChI=1S/C11H10Br2N2O3/c1-10(6-11(10,12)13)9(16)14-7-3-2-4-8(5-7)15(17)18/h2-5H,6H2,1H3,(H,14,16)/t10-/m1/s1. The lowest BCUT2D eigenvalue weighted by Gasteiger charge is -2.12. The van der Waals surface area contributed by atoms with E-state index in [0.29, 0.717) is 12.1 Å². The first kappa shape index (κ1) is 13.5. The van der Waals surface area contributed by atoms with E-state index in [-0.39, 0.29) is 14.8 Å². The first-order valence-corrected chi connectivity index (χ1v) is 6.79. The van der Waals surface area contributed by atoms with Crippen molar-refractivity contribution in [2.45, 2.75) is 16.6 Å². The van der Waals surface area contributed by atoms with Crippen LogP contribution in [0.25, 0.3) is 0 Å². The number of non-ortho nitro benzene ring substituents is 1. The largest absolute Gasteiger partial charge is 0.325 e. The zero-order valence-corrected chi connectivity index (χ0v) is 12.6. The lowest BCUT2D eigenvalue weighted by atomic mass is 10.1. The van der Waals surface area contributed by atoms with Crippen molar-refractivity contribution < 1.29 is 9.72 Å². The van der Waals surface area contributed by atoms with Gasteiger partial charge in [0.25, 0.3) is 5.69 Å². The zero-order valence-electron chi connectivity index (χ0n) is 9.44. The highest BCUT2D eigenvalue weighted by atomic mass is 79.9. The van der Waals surface area contributed by atoms with Gasteiger partial charge in [0.05, 0.1) is 13.6 Å². The summed E-state index contributed by atoms with van der Waals surface area (Å²) in [6, 6.07) is 5.89. The van der Waals surface area contributed by atoms with Gasteiger partial charge >= 0.3 is 0 Å². The molecule has 1 aliphatic carbocycles. The Hall–Kier alpha value is -0.950. The van der Waals surface area contributed by atoms with Crippen LogP contribution in [0.1, 0.15) is 13.3 Å². The zero-order chi connectivity index (χ0) is 13.6. The number of nitrogens with one attached hydrogen (secondary N) is 1. The first-order chi connectivity index (χ1) is 8.26. The van der Waals surface area contributed by atoms with Gasteiger partial charge in [-0.25, -0.2) is 0 Å². The van der Waals surface area contributed by atoms with Gasteiger partial charge in [-0.3, -0.25) is 14.9 Å². The van der Waals surface area contributed by atoms with E-state index in [1.807, 2.05) is 6.92 Å².